The van der Waals surface area contributed by atoms with Gasteiger partial charge in [-0.3, -0.25) is 4.90 Å². The highest BCUT2D eigenvalue weighted by molar-refractivity contribution is 5.42. The Morgan fingerprint density at radius 2 is 1.88 bits per heavy atom. The Morgan fingerprint density at radius 3 is 2.56 bits per heavy atom. The third-order valence-corrected chi connectivity index (χ3v) is 5.03. The zero-order chi connectivity index (χ0) is 17.6. The fourth-order valence-corrected chi connectivity index (χ4v) is 3.51. The van der Waals surface area contributed by atoms with Gasteiger partial charge in [0.15, 0.2) is 11.5 Å². The highest BCUT2D eigenvalue weighted by atomic mass is 16.5. The molecule has 4 nitrogen and oxygen atoms in total. The smallest absolute Gasteiger partial charge is 0.160 e. The summed E-state index contributed by atoms with van der Waals surface area (Å²) >= 11 is 0. The van der Waals surface area contributed by atoms with E-state index in [0.29, 0.717) is 11.8 Å². The monoisotopic (exact) mass is 340 g/mol. The largest absolute Gasteiger partial charge is 0.504 e. The van der Waals surface area contributed by atoms with Crippen LogP contribution >= 0.6 is 0 Å². The van der Waals surface area contributed by atoms with Gasteiger partial charge >= 0.3 is 0 Å². The van der Waals surface area contributed by atoms with Crippen LogP contribution in [-0.2, 0) is 6.54 Å². The minimum atomic E-state index is 0.188. The van der Waals surface area contributed by atoms with Gasteiger partial charge in [0, 0.05) is 18.6 Å². The van der Waals surface area contributed by atoms with Crippen molar-refractivity contribution in [2.24, 2.45) is 0 Å². The number of methoxy groups -OCH3 is 1. The van der Waals surface area contributed by atoms with E-state index in [4.69, 9.17) is 4.74 Å². The second-order valence-electron chi connectivity index (χ2n) is 6.86. The number of benzene rings is 2. The van der Waals surface area contributed by atoms with E-state index in [-0.39, 0.29) is 11.8 Å². The van der Waals surface area contributed by atoms with Gasteiger partial charge in [-0.2, -0.15) is 0 Å². The number of aromatic hydroxyl groups is 1. The molecular formula is C21H28N2O2. The van der Waals surface area contributed by atoms with Gasteiger partial charge in [0.25, 0.3) is 0 Å². The van der Waals surface area contributed by atoms with E-state index >= 15 is 0 Å². The molecule has 134 valence electrons. The van der Waals surface area contributed by atoms with E-state index in [9.17, 15) is 5.11 Å². The van der Waals surface area contributed by atoms with E-state index in [1.165, 1.54) is 5.56 Å². The molecule has 0 saturated carbocycles. The van der Waals surface area contributed by atoms with Crippen LogP contribution in [0.2, 0.25) is 0 Å². The predicted octanol–water partition coefficient (Wildman–Crippen LogP) is 3.72. The van der Waals surface area contributed by atoms with Gasteiger partial charge in [-0.1, -0.05) is 36.4 Å². The Hall–Kier alpha value is -2.04. The van der Waals surface area contributed by atoms with Crippen LogP contribution in [0.1, 0.15) is 36.9 Å². The summed E-state index contributed by atoms with van der Waals surface area (Å²) in [7, 11) is 1.58. The van der Waals surface area contributed by atoms with Crippen LogP contribution in [0.15, 0.2) is 48.5 Å². The molecule has 0 bridgehead atoms. The van der Waals surface area contributed by atoms with Crippen LogP contribution in [0, 0.1) is 0 Å². The van der Waals surface area contributed by atoms with Gasteiger partial charge in [-0.05, 0) is 56.1 Å². The van der Waals surface area contributed by atoms with Crippen molar-refractivity contribution in [1.29, 1.82) is 0 Å². The van der Waals surface area contributed by atoms with Crippen molar-refractivity contribution in [3.63, 3.8) is 0 Å². The number of rotatable bonds is 6. The Kier molecular flexibility index (Phi) is 5.95. The van der Waals surface area contributed by atoms with Crippen molar-refractivity contribution >= 4 is 0 Å². The maximum atomic E-state index is 9.74. The zero-order valence-electron chi connectivity index (χ0n) is 15.1. The summed E-state index contributed by atoms with van der Waals surface area (Å²) in [5, 5.41) is 13.5. The van der Waals surface area contributed by atoms with E-state index in [1.54, 1.807) is 13.2 Å². The summed E-state index contributed by atoms with van der Waals surface area (Å²) in [6.45, 7) is 5.46. The first-order valence-electron chi connectivity index (χ1n) is 9.05. The molecule has 4 heteroatoms. The fraction of sp³-hybridized carbons (Fsp3) is 0.429. The Morgan fingerprint density at radius 1 is 1.16 bits per heavy atom. The normalized spacial score (nSPS) is 17.4. The zero-order valence-corrected chi connectivity index (χ0v) is 15.1. The number of ether oxygens (including phenoxy) is 1. The molecule has 0 aliphatic carbocycles. The number of nitrogens with zero attached hydrogens (tertiary/aromatic N) is 1. The molecule has 0 spiro atoms. The maximum Gasteiger partial charge on any atom is 0.160 e. The molecule has 2 N–H and O–H groups in total. The topological polar surface area (TPSA) is 44.7 Å². The van der Waals surface area contributed by atoms with E-state index in [0.717, 1.165) is 38.0 Å². The lowest BCUT2D eigenvalue weighted by atomic mass is 10.0. The van der Waals surface area contributed by atoms with Crippen LogP contribution in [0.4, 0.5) is 0 Å². The van der Waals surface area contributed by atoms with Gasteiger partial charge in [0.2, 0.25) is 0 Å². The number of hydrogen-bond acceptors (Lipinski definition) is 4. The molecule has 2 aromatic carbocycles. The number of phenolic OH excluding ortho intramolecular Hbond substituents is 1. The molecule has 3 rings (SSSR count). The van der Waals surface area contributed by atoms with Crippen molar-refractivity contribution in [1.82, 2.24) is 10.2 Å². The summed E-state index contributed by atoms with van der Waals surface area (Å²) in [5.74, 6) is 0.719. The first-order valence-corrected chi connectivity index (χ1v) is 9.05. The number of nitrogens with one attached hydrogen (secondary N) is 1. The summed E-state index contributed by atoms with van der Waals surface area (Å²) in [4.78, 5) is 2.53. The first-order chi connectivity index (χ1) is 12.2. The second-order valence-corrected chi connectivity index (χ2v) is 6.86. The minimum Gasteiger partial charge on any atom is -0.504 e. The van der Waals surface area contributed by atoms with Crippen LogP contribution in [-0.4, -0.2) is 36.2 Å². The molecular weight excluding hydrogens is 312 g/mol. The molecule has 2 aromatic rings. The molecule has 0 amide bonds. The van der Waals surface area contributed by atoms with Crippen LogP contribution in [0.25, 0.3) is 0 Å². The van der Waals surface area contributed by atoms with Gasteiger partial charge in [0.1, 0.15) is 0 Å². The van der Waals surface area contributed by atoms with E-state index in [2.05, 4.69) is 47.5 Å². The quantitative estimate of drug-likeness (QED) is 0.841. The van der Waals surface area contributed by atoms with Gasteiger partial charge in [0.05, 0.1) is 7.11 Å². The Bertz CT molecular complexity index is 667. The van der Waals surface area contributed by atoms with Crippen LogP contribution in [0.3, 0.4) is 0 Å². The van der Waals surface area contributed by atoms with Crippen LogP contribution in [0.5, 0.6) is 11.5 Å². The van der Waals surface area contributed by atoms with Gasteiger partial charge in [-0.15, -0.1) is 0 Å². The number of phenols is 1. The highest BCUT2D eigenvalue weighted by Crippen LogP contribution is 2.29. The average Bonchev–Trinajstić information content (AvgIpc) is 2.64. The van der Waals surface area contributed by atoms with Crippen molar-refractivity contribution in [2.75, 3.05) is 20.2 Å². The van der Waals surface area contributed by atoms with Crippen molar-refractivity contribution in [3.05, 3.63) is 59.7 Å². The van der Waals surface area contributed by atoms with Crippen molar-refractivity contribution in [2.45, 2.75) is 38.4 Å². The van der Waals surface area contributed by atoms with E-state index in [1.807, 2.05) is 12.1 Å². The Labute approximate surface area is 150 Å². The second kappa shape index (κ2) is 8.37. The van der Waals surface area contributed by atoms with Gasteiger partial charge < -0.3 is 15.2 Å². The first kappa shape index (κ1) is 17.8. The van der Waals surface area contributed by atoms with Gasteiger partial charge in [-0.25, -0.2) is 0 Å². The summed E-state index contributed by atoms with van der Waals surface area (Å²) < 4.78 is 5.21. The number of likely N-dealkylation sites (tertiary alicyclic amines) is 1. The lowest BCUT2D eigenvalue weighted by Crippen LogP contribution is -2.42. The predicted molar refractivity (Wildman–Crippen MR) is 101 cm³/mol. The lowest BCUT2D eigenvalue weighted by Gasteiger charge is -2.34. The van der Waals surface area contributed by atoms with Crippen molar-refractivity contribution in [3.8, 4) is 11.5 Å². The highest BCUT2D eigenvalue weighted by Gasteiger charge is 2.21. The number of piperidine rings is 1. The fourth-order valence-electron chi connectivity index (χ4n) is 3.51. The number of hydrogen-bond donors (Lipinski definition) is 2. The van der Waals surface area contributed by atoms with E-state index < -0.39 is 0 Å². The summed E-state index contributed by atoms with van der Waals surface area (Å²) in [6, 6.07) is 17.0. The molecule has 1 heterocycles. The molecule has 25 heavy (non-hydrogen) atoms. The standard InChI is InChI=1S/C21H28N2O2/c1-16(18-8-9-20(24)21(14-18)25-2)22-19-10-12-23(13-11-19)15-17-6-4-3-5-7-17/h3-9,14,16,19,22,24H,10-13,15H2,1-2H3. The van der Waals surface area contributed by atoms with Crippen molar-refractivity contribution < 1.29 is 9.84 Å². The molecule has 1 saturated heterocycles. The molecule has 1 fully saturated rings. The third kappa shape index (κ3) is 4.74. The molecule has 1 aliphatic rings. The molecule has 0 radical (unpaired) electrons. The van der Waals surface area contributed by atoms with Crippen LogP contribution < -0.4 is 10.1 Å². The Balaban J connectivity index is 1.50. The molecule has 1 aliphatic heterocycles. The molecule has 1 atom stereocenters. The summed E-state index contributed by atoms with van der Waals surface area (Å²) in [5.41, 5.74) is 2.53. The SMILES string of the molecule is COc1cc(C(C)NC2CCN(Cc3ccccc3)CC2)ccc1O. The lowest BCUT2D eigenvalue weighted by molar-refractivity contribution is 0.185. The maximum absolute atomic E-state index is 9.74. The molecule has 0 aromatic heterocycles. The average molecular weight is 340 g/mol. The third-order valence-electron chi connectivity index (χ3n) is 5.03. The minimum absolute atomic E-state index is 0.188. The summed E-state index contributed by atoms with van der Waals surface area (Å²) in [6.07, 6.45) is 2.32. The molecule has 1 unspecified atom stereocenters.